The van der Waals surface area contributed by atoms with Gasteiger partial charge >= 0.3 is 0 Å². The van der Waals surface area contributed by atoms with Gasteiger partial charge in [0.1, 0.15) is 6.61 Å². The first-order valence-electron chi connectivity index (χ1n) is 6.71. The maximum atomic E-state index is 12.2. The maximum Gasteiger partial charge on any atom is 0.166 e. The van der Waals surface area contributed by atoms with Gasteiger partial charge in [-0.1, -0.05) is 26.3 Å². The number of benzene rings is 1. The van der Waals surface area contributed by atoms with E-state index in [1.54, 1.807) is 0 Å². The van der Waals surface area contributed by atoms with E-state index in [-0.39, 0.29) is 5.78 Å². The van der Waals surface area contributed by atoms with E-state index in [1.165, 1.54) is 0 Å². The highest BCUT2D eigenvalue weighted by Crippen LogP contribution is 2.32. The molecule has 0 aliphatic carbocycles. The van der Waals surface area contributed by atoms with Gasteiger partial charge in [0.25, 0.3) is 0 Å². The Labute approximate surface area is 109 Å². The summed E-state index contributed by atoms with van der Waals surface area (Å²) in [6, 6.07) is 5.74. The third-order valence-electron chi connectivity index (χ3n) is 3.16. The number of nitrogens with one attached hydrogen (secondary N) is 1. The van der Waals surface area contributed by atoms with Crippen LogP contribution in [-0.4, -0.2) is 18.9 Å². The van der Waals surface area contributed by atoms with Gasteiger partial charge in [0.2, 0.25) is 0 Å². The molecule has 18 heavy (non-hydrogen) atoms. The second-order valence-electron chi connectivity index (χ2n) is 5.17. The highest BCUT2D eigenvalue weighted by atomic mass is 16.5. The van der Waals surface area contributed by atoms with Gasteiger partial charge in [-0.2, -0.15) is 0 Å². The summed E-state index contributed by atoms with van der Waals surface area (Å²) in [7, 11) is 0. The molecule has 2 rings (SSSR count). The van der Waals surface area contributed by atoms with Gasteiger partial charge in [-0.3, -0.25) is 4.79 Å². The van der Waals surface area contributed by atoms with Crippen molar-refractivity contribution in [3.8, 4) is 5.75 Å². The van der Waals surface area contributed by atoms with E-state index >= 15 is 0 Å². The first kappa shape index (κ1) is 12.9. The number of carbonyl (C=O) groups is 1. The van der Waals surface area contributed by atoms with Crippen molar-refractivity contribution in [1.82, 2.24) is 0 Å². The first-order valence-corrected chi connectivity index (χ1v) is 6.71. The minimum Gasteiger partial charge on any atom is -0.489 e. The van der Waals surface area contributed by atoms with Crippen LogP contribution >= 0.6 is 0 Å². The van der Waals surface area contributed by atoms with Crippen LogP contribution in [0.25, 0.3) is 0 Å². The van der Waals surface area contributed by atoms with E-state index in [0.717, 1.165) is 36.4 Å². The number of rotatable bonds is 5. The number of hydrogen-bond acceptors (Lipinski definition) is 3. The number of ketones is 1. The van der Waals surface area contributed by atoms with Crippen molar-refractivity contribution in [3.63, 3.8) is 0 Å². The summed E-state index contributed by atoms with van der Waals surface area (Å²) in [5.41, 5.74) is 1.67. The minimum absolute atomic E-state index is 0.191. The second-order valence-corrected chi connectivity index (χ2v) is 5.17. The van der Waals surface area contributed by atoms with E-state index in [1.807, 2.05) is 18.2 Å². The fourth-order valence-electron chi connectivity index (χ4n) is 2.20. The van der Waals surface area contributed by atoms with Crippen LogP contribution < -0.4 is 10.1 Å². The van der Waals surface area contributed by atoms with E-state index in [9.17, 15) is 4.79 Å². The number of ether oxygens (including phenoxy) is 1. The fourth-order valence-corrected chi connectivity index (χ4v) is 2.20. The Morgan fingerprint density at radius 3 is 3.06 bits per heavy atom. The minimum atomic E-state index is 0.191. The summed E-state index contributed by atoms with van der Waals surface area (Å²) in [6.45, 7) is 5.80. The molecule has 1 N–H and O–H groups in total. The molecule has 1 heterocycles. The Morgan fingerprint density at radius 2 is 2.28 bits per heavy atom. The molecule has 1 aromatic rings. The van der Waals surface area contributed by atoms with E-state index < -0.39 is 0 Å². The van der Waals surface area contributed by atoms with Crippen molar-refractivity contribution in [2.45, 2.75) is 33.1 Å². The van der Waals surface area contributed by atoms with Crippen LogP contribution in [0.3, 0.4) is 0 Å². The van der Waals surface area contributed by atoms with E-state index in [0.29, 0.717) is 18.9 Å². The molecule has 1 aliphatic rings. The van der Waals surface area contributed by atoms with Gasteiger partial charge in [0, 0.05) is 13.0 Å². The zero-order valence-electron chi connectivity index (χ0n) is 11.2. The fraction of sp³-hybridized carbons (Fsp3) is 0.533. The molecular weight excluding hydrogens is 226 g/mol. The lowest BCUT2D eigenvalue weighted by Crippen LogP contribution is -2.20. The monoisotopic (exact) mass is 247 g/mol. The Hall–Kier alpha value is -1.51. The second kappa shape index (κ2) is 5.89. The lowest BCUT2D eigenvalue weighted by atomic mass is 10.00. The molecule has 0 unspecified atom stereocenters. The lowest BCUT2D eigenvalue weighted by molar-refractivity contribution is 0.0974. The lowest BCUT2D eigenvalue weighted by Gasteiger charge is -2.21. The molecule has 0 bridgehead atoms. The molecule has 0 aromatic heterocycles. The summed E-state index contributed by atoms with van der Waals surface area (Å²) >= 11 is 0. The van der Waals surface area contributed by atoms with Gasteiger partial charge in [-0.25, -0.2) is 0 Å². The summed E-state index contributed by atoms with van der Waals surface area (Å²) in [5, 5.41) is 3.25. The Morgan fingerprint density at radius 1 is 1.44 bits per heavy atom. The highest BCUT2D eigenvalue weighted by Gasteiger charge is 2.18. The first-order chi connectivity index (χ1) is 8.68. The van der Waals surface area contributed by atoms with Gasteiger partial charge in [0.05, 0.1) is 11.3 Å². The van der Waals surface area contributed by atoms with Crippen molar-refractivity contribution in [3.05, 3.63) is 23.8 Å². The summed E-state index contributed by atoms with van der Waals surface area (Å²) in [6.07, 6.45) is 2.66. The third kappa shape index (κ3) is 3.03. The Kier molecular flexibility index (Phi) is 4.24. The number of hydrogen-bond donors (Lipinski definition) is 1. The standard InChI is InChI=1S/C15H21NO2/c1-11(2)5-3-8-14(17)12-6-4-7-13-15(12)18-10-9-16-13/h4,6-7,11,16H,3,5,8-10H2,1-2H3. The predicted molar refractivity (Wildman–Crippen MR) is 73.4 cm³/mol. The van der Waals surface area contributed by atoms with Crippen LogP contribution in [0.2, 0.25) is 0 Å². The van der Waals surface area contributed by atoms with E-state index in [2.05, 4.69) is 19.2 Å². The zero-order valence-corrected chi connectivity index (χ0v) is 11.2. The van der Waals surface area contributed by atoms with Crippen LogP contribution in [0.1, 0.15) is 43.5 Å². The molecule has 0 atom stereocenters. The molecule has 3 heteroatoms. The van der Waals surface area contributed by atoms with E-state index in [4.69, 9.17) is 4.74 Å². The summed E-state index contributed by atoms with van der Waals surface area (Å²) < 4.78 is 5.62. The Balaban J connectivity index is 2.06. The van der Waals surface area contributed by atoms with Gasteiger partial charge in [-0.15, -0.1) is 0 Å². The molecular formula is C15H21NO2. The summed E-state index contributed by atoms with van der Waals surface area (Å²) in [4.78, 5) is 12.2. The molecule has 0 amide bonds. The van der Waals surface area contributed by atoms with Crippen LogP contribution in [0.4, 0.5) is 5.69 Å². The quantitative estimate of drug-likeness (QED) is 0.809. The topological polar surface area (TPSA) is 38.3 Å². The molecule has 98 valence electrons. The molecule has 0 saturated carbocycles. The molecule has 0 saturated heterocycles. The Bertz CT molecular complexity index is 427. The normalized spacial score (nSPS) is 13.7. The maximum absolute atomic E-state index is 12.2. The number of fused-ring (bicyclic) bond motifs is 1. The largest absolute Gasteiger partial charge is 0.489 e. The third-order valence-corrected chi connectivity index (χ3v) is 3.16. The average Bonchev–Trinajstić information content (AvgIpc) is 2.37. The van der Waals surface area contributed by atoms with Crippen molar-refractivity contribution >= 4 is 11.5 Å². The van der Waals surface area contributed by atoms with Crippen LogP contribution in [0, 0.1) is 5.92 Å². The molecule has 0 radical (unpaired) electrons. The smallest absolute Gasteiger partial charge is 0.166 e. The van der Waals surface area contributed by atoms with Crippen LogP contribution in [0.15, 0.2) is 18.2 Å². The molecule has 0 fully saturated rings. The van der Waals surface area contributed by atoms with Crippen molar-refractivity contribution in [2.75, 3.05) is 18.5 Å². The highest BCUT2D eigenvalue weighted by molar-refractivity contribution is 6.00. The van der Waals surface area contributed by atoms with Crippen LogP contribution in [0.5, 0.6) is 5.75 Å². The van der Waals surface area contributed by atoms with Crippen LogP contribution in [-0.2, 0) is 0 Å². The zero-order chi connectivity index (χ0) is 13.0. The number of anilines is 1. The summed E-state index contributed by atoms with van der Waals surface area (Å²) in [5.74, 6) is 1.58. The van der Waals surface area contributed by atoms with Crippen molar-refractivity contribution < 1.29 is 9.53 Å². The SMILES string of the molecule is CC(C)CCCC(=O)c1cccc2c1OCCN2. The van der Waals surface area contributed by atoms with Gasteiger partial charge in [0.15, 0.2) is 11.5 Å². The number of para-hydroxylation sites is 1. The average molecular weight is 247 g/mol. The number of Topliss-reactive ketones (excluding diaryl/α,β-unsaturated/α-hetero) is 1. The molecule has 3 nitrogen and oxygen atoms in total. The molecule has 1 aliphatic heterocycles. The number of carbonyl (C=O) groups excluding carboxylic acids is 1. The van der Waals surface area contributed by atoms with Crippen molar-refractivity contribution in [1.29, 1.82) is 0 Å². The van der Waals surface area contributed by atoms with Gasteiger partial charge < -0.3 is 10.1 Å². The molecule has 0 spiro atoms. The molecule has 1 aromatic carbocycles. The van der Waals surface area contributed by atoms with Gasteiger partial charge in [-0.05, 0) is 24.5 Å². The predicted octanol–water partition coefficient (Wildman–Crippen LogP) is 3.50. The van der Waals surface area contributed by atoms with Crippen molar-refractivity contribution in [2.24, 2.45) is 5.92 Å².